The van der Waals surface area contributed by atoms with Gasteiger partial charge in [0.25, 0.3) is 11.8 Å². The van der Waals surface area contributed by atoms with Gasteiger partial charge in [-0.25, -0.2) is 4.98 Å². The van der Waals surface area contributed by atoms with Crippen LogP contribution in [0.1, 0.15) is 67.4 Å². The topological polar surface area (TPSA) is 71.1 Å². The summed E-state index contributed by atoms with van der Waals surface area (Å²) in [5.74, 6) is -0.467. The van der Waals surface area contributed by atoms with Crippen molar-refractivity contribution in [1.29, 1.82) is 0 Å². The molecule has 0 aromatic carbocycles. The minimum Gasteiger partial charge on any atom is -0.348 e. The van der Waals surface area contributed by atoms with Gasteiger partial charge in [0.15, 0.2) is 0 Å². The number of nitrogens with zero attached hydrogens (tertiary/aromatic N) is 1. The van der Waals surface area contributed by atoms with Crippen molar-refractivity contribution in [2.45, 2.75) is 58.0 Å². The Bertz CT molecular complexity index is 529. The molecule has 5 heteroatoms. The van der Waals surface area contributed by atoms with Crippen molar-refractivity contribution in [2.75, 3.05) is 0 Å². The van der Waals surface area contributed by atoms with Gasteiger partial charge in [0.2, 0.25) is 0 Å². The van der Waals surface area contributed by atoms with Gasteiger partial charge in [-0.3, -0.25) is 9.59 Å². The molecule has 1 aliphatic carbocycles. The van der Waals surface area contributed by atoms with Crippen LogP contribution >= 0.6 is 0 Å². The van der Waals surface area contributed by atoms with E-state index in [1.54, 1.807) is 18.2 Å². The molecule has 0 radical (unpaired) electrons. The fraction of sp³-hybridized carbons (Fsp3) is 0.562. The molecule has 0 atom stereocenters. The van der Waals surface area contributed by atoms with E-state index in [1.165, 1.54) is 0 Å². The van der Waals surface area contributed by atoms with E-state index in [4.69, 9.17) is 0 Å². The molecule has 0 spiro atoms. The SMILES string of the molecule is CC(C)(C)NC(=O)c1cccc(C(=O)NC2CCCC2)n1. The summed E-state index contributed by atoms with van der Waals surface area (Å²) >= 11 is 0. The summed E-state index contributed by atoms with van der Waals surface area (Å²) in [6.45, 7) is 5.71. The third kappa shape index (κ3) is 4.55. The maximum Gasteiger partial charge on any atom is 0.270 e. The molecule has 1 aliphatic rings. The molecule has 2 rings (SSSR count). The molecule has 114 valence electrons. The van der Waals surface area contributed by atoms with Crippen molar-refractivity contribution >= 4 is 11.8 Å². The molecule has 2 N–H and O–H groups in total. The van der Waals surface area contributed by atoms with Crippen LogP contribution in [-0.4, -0.2) is 28.4 Å². The highest BCUT2D eigenvalue weighted by Gasteiger charge is 2.20. The highest BCUT2D eigenvalue weighted by molar-refractivity contribution is 5.96. The lowest BCUT2D eigenvalue weighted by atomic mass is 10.1. The Morgan fingerprint density at radius 3 is 2.24 bits per heavy atom. The first-order valence-electron chi connectivity index (χ1n) is 7.45. The molecule has 21 heavy (non-hydrogen) atoms. The maximum absolute atomic E-state index is 12.2. The molecule has 0 saturated heterocycles. The van der Waals surface area contributed by atoms with Gasteiger partial charge in [-0.05, 0) is 45.7 Å². The Labute approximate surface area is 125 Å². The summed E-state index contributed by atoms with van der Waals surface area (Å²) < 4.78 is 0. The number of carbonyl (C=O) groups excluding carboxylic acids is 2. The van der Waals surface area contributed by atoms with E-state index in [1.807, 2.05) is 20.8 Å². The average Bonchev–Trinajstić information content (AvgIpc) is 2.90. The molecule has 0 aliphatic heterocycles. The number of carbonyl (C=O) groups is 2. The zero-order valence-corrected chi connectivity index (χ0v) is 12.9. The Kier molecular flexibility index (Phi) is 4.60. The first-order chi connectivity index (χ1) is 9.85. The van der Waals surface area contributed by atoms with Crippen LogP contribution in [0.5, 0.6) is 0 Å². The van der Waals surface area contributed by atoms with Crippen LogP contribution in [0.25, 0.3) is 0 Å². The zero-order valence-electron chi connectivity index (χ0n) is 12.9. The number of amides is 2. The summed E-state index contributed by atoms with van der Waals surface area (Å²) in [6, 6.07) is 5.19. The van der Waals surface area contributed by atoms with Crippen LogP contribution < -0.4 is 10.6 Å². The monoisotopic (exact) mass is 289 g/mol. The number of pyridine rings is 1. The number of hydrogen-bond donors (Lipinski definition) is 2. The van der Waals surface area contributed by atoms with Gasteiger partial charge in [-0.15, -0.1) is 0 Å². The molecule has 0 bridgehead atoms. The smallest absolute Gasteiger partial charge is 0.270 e. The molecule has 2 amide bonds. The molecule has 0 unspecified atom stereocenters. The molecule has 1 saturated carbocycles. The second kappa shape index (κ2) is 6.24. The lowest BCUT2D eigenvalue weighted by molar-refractivity contribution is 0.0913. The summed E-state index contributed by atoms with van der Waals surface area (Å²) in [5, 5.41) is 5.82. The van der Waals surface area contributed by atoms with E-state index in [-0.39, 0.29) is 29.1 Å². The van der Waals surface area contributed by atoms with E-state index in [0.717, 1.165) is 25.7 Å². The average molecular weight is 289 g/mol. The van der Waals surface area contributed by atoms with E-state index in [9.17, 15) is 9.59 Å². The molecule has 5 nitrogen and oxygen atoms in total. The van der Waals surface area contributed by atoms with Crippen molar-refractivity contribution in [1.82, 2.24) is 15.6 Å². The standard InChI is InChI=1S/C16H23N3O2/c1-16(2,3)19-15(21)13-10-6-9-12(18-13)14(20)17-11-7-4-5-8-11/h6,9-11H,4-5,7-8H2,1-3H3,(H,17,20)(H,19,21). The summed E-state index contributed by atoms with van der Waals surface area (Å²) in [4.78, 5) is 28.4. The van der Waals surface area contributed by atoms with Crippen LogP contribution in [0.2, 0.25) is 0 Å². The van der Waals surface area contributed by atoms with Crippen LogP contribution in [0.4, 0.5) is 0 Å². The highest BCUT2D eigenvalue weighted by Crippen LogP contribution is 2.18. The van der Waals surface area contributed by atoms with E-state index >= 15 is 0 Å². The van der Waals surface area contributed by atoms with Gasteiger partial charge in [-0.1, -0.05) is 18.9 Å². The number of hydrogen-bond acceptors (Lipinski definition) is 3. The number of nitrogens with one attached hydrogen (secondary N) is 2. The second-order valence-corrected chi connectivity index (χ2v) is 6.57. The van der Waals surface area contributed by atoms with Gasteiger partial charge in [0.05, 0.1) is 0 Å². The largest absolute Gasteiger partial charge is 0.348 e. The summed E-state index contributed by atoms with van der Waals surface area (Å²) in [7, 11) is 0. The van der Waals surface area contributed by atoms with E-state index in [0.29, 0.717) is 5.69 Å². The van der Waals surface area contributed by atoms with E-state index in [2.05, 4.69) is 15.6 Å². The third-order valence-electron chi connectivity index (χ3n) is 3.39. The molecule has 1 fully saturated rings. The first kappa shape index (κ1) is 15.5. The normalized spacial score (nSPS) is 15.8. The van der Waals surface area contributed by atoms with Crippen LogP contribution in [0.3, 0.4) is 0 Å². The Morgan fingerprint density at radius 2 is 1.67 bits per heavy atom. The third-order valence-corrected chi connectivity index (χ3v) is 3.39. The van der Waals surface area contributed by atoms with Crippen molar-refractivity contribution in [3.8, 4) is 0 Å². The van der Waals surface area contributed by atoms with Crippen molar-refractivity contribution in [2.24, 2.45) is 0 Å². The summed E-state index contributed by atoms with van der Waals surface area (Å²) in [6.07, 6.45) is 4.37. The Balaban J connectivity index is 2.06. The zero-order chi connectivity index (χ0) is 15.5. The molecular formula is C16H23N3O2. The Hall–Kier alpha value is -1.91. The van der Waals surface area contributed by atoms with Crippen LogP contribution in [0, 0.1) is 0 Å². The maximum atomic E-state index is 12.2. The van der Waals surface area contributed by atoms with Crippen LogP contribution in [0.15, 0.2) is 18.2 Å². The lowest BCUT2D eigenvalue weighted by Crippen LogP contribution is -2.41. The fourth-order valence-electron chi connectivity index (χ4n) is 2.42. The molecule has 1 heterocycles. The second-order valence-electron chi connectivity index (χ2n) is 6.57. The van der Waals surface area contributed by atoms with Crippen molar-refractivity contribution < 1.29 is 9.59 Å². The molecule has 1 aromatic rings. The minimum absolute atomic E-state index is 0.202. The van der Waals surface area contributed by atoms with Gasteiger partial charge in [0, 0.05) is 11.6 Å². The Morgan fingerprint density at radius 1 is 1.10 bits per heavy atom. The fourth-order valence-corrected chi connectivity index (χ4v) is 2.42. The first-order valence-corrected chi connectivity index (χ1v) is 7.45. The van der Waals surface area contributed by atoms with Gasteiger partial charge in [-0.2, -0.15) is 0 Å². The lowest BCUT2D eigenvalue weighted by Gasteiger charge is -2.20. The summed E-state index contributed by atoms with van der Waals surface area (Å²) in [5.41, 5.74) is 0.230. The predicted molar refractivity (Wildman–Crippen MR) is 81.2 cm³/mol. The number of aromatic nitrogens is 1. The quantitative estimate of drug-likeness (QED) is 0.896. The highest BCUT2D eigenvalue weighted by atomic mass is 16.2. The predicted octanol–water partition coefficient (Wildman–Crippen LogP) is 2.28. The van der Waals surface area contributed by atoms with E-state index < -0.39 is 0 Å². The molecular weight excluding hydrogens is 266 g/mol. The van der Waals surface area contributed by atoms with Gasteiger partial charge in [0.1, 0.15) is 11.4 Å². The van der Waals surface area contributed by atoms with Crippen molar-refractivity contribution in [3.63, 3.8) is 0 Å². The van der Waals surface area contributed by atoms with Crippen LogP contribution in [-0.2, 0) is 0 Å². The minimum atomic E-state index is -0.332. The van der Waals surface area contributed by atoms with Gasteiger partial charge < -0.3 is 10.6 Å². The number of rotatable bonds is 3. The van der Waals surface area contributed by atoms with Gasteiger partial charge >= 0.3 is 0 Å². The molecule has 1 aromatic heterocycles. The van der Waals surface area contributed by atoms with Crippen molar-refractivity contribution in [3.05, 3.63) is 29.6 Å².